The van der Waals surface area contributed by atoms with Crippen molar-refractivity contribution >= 4 is 40.8 Å². The van der Waals surface area contributed by atoms with Gasteiger partial charge < -0.3 is 5.32 Å². The van der Waals surface area contributed by atoms with Gasteiger partial charge in [0.2, 0.25) is 5.91 Å². The summed E-state index contributed by atoms with van der Waals surface area (Å²) >= 11 is 1.41. The first-order valence-electron chi connectivity index (χ1n) is 10.1. The molecule has 0 unspecified atom stereocenters. The second kappa shape index (κ2) is 9.55. The summed E-state index contributed by atoms with van der Waals surface area (Å²) in [5.41, 5.74) is 0.400. The van der Waals surface area contributed by atoms with E-state index < -0.39 is 23.7 Å². The van der Waals surface area contributed by atoms with E-state index in [-0.39, 0.29) is 25.7 Å². The normalized spacial score (nSPS) is 18.0. The van der Waals surface area contributed by atoms with Gasteiger partial charge >= 0.3 is 17.8 Å². The summed E-state index contributed by atoms with van der Waals surface area (Å²) < 4.78 is 13.2. The average molecular weight is 460 g/mol. The van der Waals surface area contributed by atoms with E-state index >= 15 is 0 Å². The Hall–Kier alpha value is -3.15. The molecular weight excluding hydrogens is 437 g/mol. The molecule has 0 atom stereocenters. The van der Waals surface area contributed by atoms with Crippen molar-refractivity contribution in [3.8, 4) is 0 Å². The average Bonchev–Trinajstić information content (AvgIpc) is 3.34. The maximum atomic E-state index is 13.2. The molecule has 4 rings (SSSR count). The van der Waals surface area contributed by atoms with E-state index in [1.165, 1.54) is 29.5 Å². The van der Waals surface area contributed by atoms with Gasteiger partial charge in [-0.05, 0) is 29.6 Å². The number of rotatable bonds is 7. The van der Waals surface area contributed by atoms with Crippen LogP contribution in [0.2, 0.25) is 0 Å². The van der Waals surface area contributed by atoms with Crippen LogP contribution in [-0.4, -0.2) is 82.7 Å². The summed E-state index contributed by atoms with van der Waals surface area (Å²) in [4.78, 5) is 56.1. The summed E-state index contributed by atoms with van der Waals surface area (Å²) in [6, 6.07) is 8.72. The van der Waals surface area contributed by atoms with Crippen LogP contribution in [0, 0.1) is 5.82 Å². The maximum Gasteiger partial charge on any atom is 0.335 e. The number of benzene rings is 1. The molecule has 0 saturated carbocycles. The molecular formula is C21H22FN5O4S. The van der Waals surface area contributed by atoms with Crippen molar-refractivity contribution in [1.29, 1.82) is 0 Å². The standard InChI is InChI=1S/C21H22FN5O4S/c22-15-3-1-4-16(11-15)23-18(28)13-24-6-8-25(9-7-24)14-27-20(30)19(29)26(21(27)31)12-17-5-2-10-32-17/h1-5,10-11H,6-9,12-14H2,(H,23,28). The fourth-order valence-electron chi connectivity index (χ4n) is 3.63. The molecule has 1 aromatic carbocycles. The van der Waals surface area contributed by atoms with Crippen LogP contribution in [-0.2, 0) is 20.9 Å². The summed E-state index contributed by atoms with van der Waals surface area (Å²) in [6.07, 6.45) is 0. The van der Waals surface area contributed by atoms with Crippen LogP contribution in [0.5, 0.6) is 0 Å². The third-order valence-electron chi connectivity index (χ3n) is 5.31. The van der Waals surface area contributed by atoms with Gasteiger partial charge in [-0.25, -0.2) is 14.1 Å². The molecule has 2 saturated heterocycles. The van der Waals surface area contributed by atoms with Crippen LogP contribution in [0.1, 0.15) is 4.88 Å². The van der Waals surface area contributed by atoms with Crippen molar-refractivity contribution in [1.82, 2.24) is 19.6 Å². The molecule has 2 fully saturated rings. The third-order valence-corrected chi connectivity index (χ3v) is 6.17. The number of thiophene rings is 1. The van der Waals surface area contributed by atoms with Crippen molar-refractivity contribution in [3.05, 3.63) is 52.5 Å². The molecule has 2 aliphatic rings. The Kier molecular flexibility index (Phi) is 6.58. The Morgan fingerprint density at radius 1 is 0.969 bits per heavy atom. The minimum Gasteiger partial charge on any atom is -0.325 e. The molecule has 3 heterocycles. The molecule has 1 N–H and O–H groups in total. The number of hydrogen-bond acceptors (Lipinski definition) is 7. The van der Waals surface area contributed by atoms with Gasteiger partial charge in [-0.3, -0.25) is 29.1 Å². The topological polar surface area (TPSA) is 93.3 Å². The number of halogens is 1. The Balaban J connectivity index is 1.25. The minimum absolute atomic E-state index is 0.0354. The number of nitrogens with one attached hydrogen (secondary N) is 1. The van der Waals surface area contributed by atoms with Crippen LogP contribution >= 0.6 is 11.3 Å². The fourth-order valence-corrected chi connectivity index (χ4v) is 4.32. The van der Waals surface area contributed by atoms with Gasteiger partial charge in [0.1, 0.15) is 5.82 Å². The molecule has 9 nitrogen and oxygen atoms in total. The SMILES string of the molecule is O=C(CN1CCN(CN2C(=O)C(=O)N(Cc3cccs3)C2=O)CC1)Nc1cccc(F)c1. The number of hydrogen-bond donors (Lipinski definition) is 1. The van der Waals surface area contributed by atoms with Crippen molar-refractivity contribution in [3.63, 3.8) is 0 Å². The molecule has 2 aromatic rings. The first-order chi connectivity index (χ1) is 15.4. The molecule has 5 amide bonds. The zero-order chi connectivity index (χ0) is 22.7. The lowest BCUT2D eigenvalue weighted by Gasteiger charge is -2.35. The number of carbonyl (C=O) groups excluding carboxylic acids is 4. The molecule has 0 radical (unpaired) electrons. The highest BCUT2D eigenvalue weighted by Gasteiger charge is 2.45. The van der Waals surface area contributed by atoms with E-state index in [4.69, 9.17) is 0 Å². The first-order valence-corrected chi connectivity index (χ1v) is 11.0. The number of urea groups is 1. The number of piperazine rings is 1. The van der Waals surface area contributed by atoms with Gasteiger partial charge in [-0.2, -0.15) is 0 Å². The minimum atomic E-state index is -0.816. The van der Waals surface area contributed by atoms with E-state index in [0.717, 1.165) is 14.7 Å². The van der Waals surface area contributed by atoms with Crippen molar-refractivity contribution in [2.45, 2.75) is 6.54 Å². The Labute approximate surface area is 188 Å². The van der Waals surface area contributed by atoms with Gasteiger partial charge in [0.05, 0.1) is 19.8 Å². The number of imide groups is 2. The van der Waals surface area contributed by atoms with Gasteiger partial charge in [0.25, 0.3) is 0 Å². The van der Waals surface area contributed by atoms with Crippen molar-refractivity contribution < 1.29 is 23.6 Å². The zero-order valence-corrected chi connectivity index (χ0v) is 18.0. The second-order valence-electron chi connectivity index (χ2n) is 7.58. The number of nitrogens with zero attached hydrogens (tertiary/aromatic N) is 4. The summed E-state index contributed by atoms with van der Waals surface area (Å²) in [6.45, 7) is 2.45. The molecule has 32 heavy (non-hydrogen) atoms. The molecule has 0 bridgehead atoms. The van der Waals surface area contributed by atoms with Crippen LogP contribution in [0.15, 0.2) is 41.8 Å². The van der Waals surface area contributed by atoms with E-state index in [9.17, 15) is 23.6 Å². The zero-order valence-electron chi connectivity index (χ0n) is 17.2. The monoisotopic (exact) mass is 459 g/mol. The fraction of sp³-hybridized carbons (Fsp3) is 0.333. The summed E-state index contributed by atoms with van der Waals surface area (Å²) in [5, 5.41) is 4.51. The summed E-state index contributed by atoms with van der Waals surface area (Å²) in [7, 11) is 0. The van der Waals surface area contributed by atoms with Gasteiger partial charge in [0.15, 0.2) is 0 Å². The Morgan fingerprint density at radius 3 is 2.38 bits per heavy atom. The lowest BCUT2D eigenvalue weighted by molar-refractivity contribution is -0.144. The van der Waals surface area contributed by atoms with Gasteiger partial charge in [-0.15, -0.1) is 11.3 Å². The summed E-state index contributed by atoms with van der Waals surface area (Å²) in [5.74, 6) is -2.29. The predicted octanol–water partition coefficient (Wildman–Crippen LogP) is 1.39. The van der Waals surface area contributed by atoms with E-state index in [0.29, 0.717) is 31.9 Å². The molecule has 1 aromatic heterocycles. The largest absolute Gasteiger partial charge is 0.335 e. The molecule has 11 heteroatoms. The van der Waals surface area contributed by atoms with E-state index in [1.807, 2.05) is 27.3 Å². The van der Waals surface area contributed by atoms with E-state index in [2.05, 4.69) is 5.32 Å². The first kappa shape index (κ1) is 22.1. The molecule has 0 aliphatic carbocycles. The number of carbonyl (C=O) groups is 4. The van der Waals surface area contributed by atoms with Crippen LogP contribution in [0.4, 0.5) is 14.9 Å². The highest BCUT2D eigenvalue weighted by Crippen LogP contribution is 2.19. The lowest BCUT2D eigenvalue weighted by Crippen LogP contribution is -2.52. The van der Waals surface area contributed by atoms with Crippen molar-refractivity contribution in [2.24, 2.45) is 0 Å². The molecule has 2 aliphatic heterocycles. The Morgan fingerprint density at radius 2 is 1.69 bits per heavy atom. The lowest BCUT2D eigenvalue weighted by atomic mass is 10.3. The van der Waals surface area contributed by atoms with Gasteiger partial charge in [0, 0.05) is 36.7 Å². The highest BCUT2D eigenvalue weighted by molar-refractivity contribution is 7.09. The quantitative estimate of drug-likeness (QED) is 0.497. The number of amides is 5. The predicted molar refractivity (Wildman–Crippen MR) is 115 cm³/mol. The van der Waals surface area contributed by atoms with Crippen LogP contribution in [0.3, 0.4) is 0 Å². The maximum absolute atomic E-state index is 13.2. The van der Waals surface area contributed by atoms with Crippen molar-refractivity contribution in [2.75, 3.05) is 44.7 Å². The van der Waals surface area contributed by atoms with E-state index in [1.54, 1.807) is 6.07 Å². The van der Waals surface area contributed by atoms with Crippen LogP contribution < -0.4 is 5.32 Å². The van der Waals surface area contributed by atoms with Crippen LogP contribution in [0.25, 0.3) is 0 Å². The molecule has 0 spiro atoms. The van der Waals surface area contributed by atoms with Gasteiger partial charge in [-0.1, -0.05) is 12.1 Å². The molecule has 168 valence electrons. The second-order valence-corrected chi connectivity index (χ2v) is 8.61. The highest BCUT2D eigenvalue weighted by atomic mass is 32.1. The third kappa shape index (κ3) is 5.01. The number of anilines is 1. The smallest absolute Gasteiger partial charge is 0.325 e. The Bertz CT molecular complexity index is 1020.